The molecule has 3 rings (SSSR count). The van der Waals surface area contributed by atoms with Crippen LogP contribution in [-0.4, -0.2) is 44.6 Å². The van der Waals surface area contributed by atoms with E-state index in [1.165, 1.54) is 23.1 Å². The van der Waals surface area contributed by atoms with E-state index < -0.39 is 0 Å². The number of anilines is 1. The predicted octanol–water partition coefficient (Wildman–Crippen LogP) is 2.72. The first-order valence-electron chi connectivity index (χ1n) is 8.49. The molecule has 29 heavy (non-hydrogen) atoms. The lowest BCUT2D eigenvalue weighted by atomic mass is 10.2. The van der Waals surface area contributed by atoms with Gasteiger partial charge in [-0.3, -0.25) is 14.9 Å². The van der Waals surface area contributed by atoms with Crippen LogP contribution in [0.3, 0.4) is 0 Å². The number of aryl methyl sites for hydroxylation is 1. The molecular formula is C17H17N5O5S2. The standard InChI is InChI=1S/C17H17N5O5S2/c1-3-25-14(23)9-28-17-21-20-16(29-17)19-15(24)11-4-6-12(7-5-11)26-8-13-18-10(2)27-22-13/h4-7H,3,8-9H2,1-2H3,(H,19,20,24). The summed E-state index contributed by atoms with van der Waals surface area (Å²) < 4.78 is 15.8. The average Bonchev–Trinajstić information content (AvgIpc) is 3.34. The largest absolute Gasteiger partial charge is 0.485 e. The van der Waals surface area contributed by atoms with Crippen LogP contribution < -0.4 is 10.1 Å². The summed E-state index contributed by atoms with van der Waals surface area (Å²) in [6.07, 6.45) is 0. The fourth-order valence-corrected chi connectivity index (χ4v) is 3.61. The van der Waals surface area contributed by atoms with Crippen molar-refractivity contribution in [3.63, 3.8) is 0 Å². The Morgan fingerprint density at radius 1 is 1.24 bits per heavy atom. The molecule has 1 amide bonds. The summed E-state index contributed by atoms with van der Waals surface area (Å²) in [5, 5.41) is 14.6. The Balaban J connectivity index is 1.49. The normalized spacial score (nSPS) is 10.6. The van der Waals surface area contributed by atoms with Crippen molar-refractivity contribution in [2.24, 2.45) is 0 Å². The molecule has 0 spiro atoms. The lowest BCUT2D eigenvalue weighted by Gasteiger charge is -2.05. The van der Waals surface area contributed by atoms with E-state index in [4.69, 9.17) is 14.0 Å². The first-order valence-corrected chi connectivity index (χ1v) is 10.3. The second-order valence-electron chi connectivity index (χ2n) is 5.46. The molecule has 1 N–H and O–H groups in total. The Kier molecular flexibility index (Phi) is 7.14. The summed E-state index contributed by atoms with van der Waals surface area (Å²) in [4.78, 5) is 27.8. The zero-order chi connectivity index (χ0) is 20.6. The Morgan fingerprint density at radius 3 is 2.72 bits per heavy atom. The maximum absolute atomic E-state index is 12.3. The summed E-state index contributed by atoms with van der Waals surface area (Å²) >= 11 is 2.39. The van der Waals surface area contributed by atoms with Crippen molar-refractivity contribution in [1.82, 2.24) is 20.3 Å². The number of esters is 1. The zero-order valence-corrected chi connectivity index (χ0v) is 17.2. The molecule has 0 fully saturated rings. The molecule has 0 aliphatic heterocycles. The van der Waals surface area contributed by atoms with E-state index in [2.05, 4.69) is 25.7 Å². The minimum Gasteiger partial charge on any atom is -0.485 e. The van der Waals surface area contributed by atoms with E-state index in [0.29, 0.717) is 39.1 Å². The summed E-state index contributed by atoms with van der Waals surface area (Å²) in [6.45, 7) is 3.94. The van der Waals surface area contributed by atoms with E-state index in [1.54, 1.807) is 38.1 Å². The molecule has 0 saturated heterocycles. The van der Waals surface area contributed by atoms with Crippen LogP contribution >= 0.6 is 23.1 Å². The van der Waals surface area contributed by atoms with Crippen molar-refractivity contribution in [3.05, 3.63) is 41.5 Å². The van der Waals surface area contributed by atoms with Gasteiger partial charge in [0.2, 0.25) is 16.8 Å². The van der Waals surface area contributed by atoms with Gasteiger partial charge >= 0.3 is 5.97 Å². The third-order valence-electron chi connectivity index (χ3n) is 3.30. The molecule has 1 aromatic carbocycles. The van der Waals surface area contributed by atoms with Gasteiger partial charge < -0.3 is 14.0 Å². The quantitative estimate of drug-likeness (QED) is 0.304. The minimum absolute atomic E-state index is 0.140. The van der Waals surface area contributed by atoms with Gasteiger partial charge in [-0.1, -0.05) is 28.3 Å². The summed E-state index contributed by atoms with van der Waals surface area (Å²) in [7, 11) is 0. The van der Waals surface area contributed by atoms with Gasteiger partial charge in [-0.2, -0.15) is 4.98 Å². The highest BCUT2D eigenvalue weighted by Gasteiger charge is 2.12. The van der Waals surface area contributed by atoms with Gasteiger partial charge in [-0.05, 0) is 31.2 Å². The average molecular weight is 435 g/mol. The van der Waals surface area contributed by atoms with Crippen LogP contribution in [0.1, 0.15) is 29.0 Å². The Labute approximate surface area is 174 Å². The van der Waals surface area contributed by atoms with Crippen molar-refractivity contribution in [3.8, 4) is 5.75 Å². The number of carbonyl (C=O) groups excluding carboxylic acids is 2. The second-order valence-corrected chi connectivity index (χ2v) is 7.66. The number of nitrogens with zero attached hydrogens (tertiary/aromatic N) is 4. The maximum atomic E-state index is 12.3. The van der Waals surface area contributed by atoms with Crippen molar-refractivity contribution in [1.29, 1.82) is 0 Å². The highest BCUT2D eigenvalue weighted by Crippen LogP contribution is 2.26. The van der Waals surface area contributed by atoms with Crippen LogP contribution in [0, 0.1) is 6.92 Å². The fraction of sp³-hybridized carbons (Fsp3) is 0.294. The van der Waals surface area contributed by atoms with Gasteiger partial charge in [-0.25, -0.2) is 0 Å². The minimum atomic E-state index is -0.330. The molecule has 3 aromatic rings. The monoisotopic (exact) mass is 435 g/mol. The number of thioether (sulfide) groups is 1. The van der Waals surface area contributed by atoms with E-state index >= 15 is 0 Å². The molecule has 0 aliphatic carbocycles. The summed E-state index contributed by atoms with van der Waals surface area (Å²) in [5.74, 6) is 0.962. The van der Waals surface area contributed by atoms with E-state index in [0.717, 1.165) is 0 Å². The van der Waals surface area contributed by atoms with E-state index in [9.17, 15) is 9.59 Å². The number of aromatic nitrogens is 4. The molecule has 0 saturated carbocycles. The SMILES string of the molecule is CCOC(=O)CSc1nnc(NC(=O)c2ccc(OCc3noc(C)n3)cc2)s1. The zero-order valence-electron chi connectivity index (χ0n) is 15.6. The number of hydrogen-bond acceptors (Lipinski definition) is 11. The third kappa shape index (κ3) is 6.26. The van der Waals surface area contributed by atoms with E-state index in [1.807, 2.05) is 0 Å². The van der Waals surface area contributed by atoms with E-state index in [-0.39, 0.29) is 24.2 Å². The smallest absolute Gasteiger partial charge is 0.316 e. The van der Waals surface area contributed by atoms with Crippen molar-refractivity contribution in [2.45, 2.75) is 24.8 Å². The van der Waals surface area contributed by atoms with Crippen molar-refractivity contribution >= 4 is 40.1 Å². The molecule has 152 valence electrons. The van der Waals surface area contributed by atoms with Gasteiger partial charge in [0.15, 0.2) is 10.9 Å². The molecule has 0 unspecified atom stereocenters. The van der Waals surface area contributed by atoms with Gasteiger partial charge in [0.1, 0.15) is 5.75 Å². The van der Waals surface area contributed by atoms with Crippen LogP contribution in [0.15, 0.2) is 33.1 Å². The van der Waals surface area contributed by atoms with Gasteiger partial charge in [0, 0.05) is 12.5 Å². The van der Waals surface area contributed by atoms with Crippen LogP contribution in [-0.2, 0) is 16.1 Å². The number of carbonyl (C=O) groups is 2. The van der Waals surface area contributed by atoms with Gasteiger partial charge in [-0.15, -0.1) is 10.2 Å². The van der Waals surface area contributed by atoms with Crippen LogP contribution in [0.5, 0.6) is 5.75 Å². The molecule has 0 atom stereocenters. The highest BCUT2D eigenvalue weighted by atomic mass is 32.2. The Morgan fingerprint density at radius 2 is 2.03 bits per heavy atom. The number of hydrogen-bond donors (Lipinski definition) is 1. The molecule has 2 aromatic heterocycles. The Bertz CT molecular complexity index is 973. The third-order valence-corrected chi connectivity index (χ3v) is 5.25. The molecule has 0 bridgehead atoms. The lowest BCUT2D eigenvalue weighted by Crippen LogP contribution is -2.11. The molecule has 12 heteroatoms. The summed E-state index contributed by atoms with van der Waals surface area (Å²) in [5.41, 5.74) is 0.434. The first-order chi connectivity index (χ1) is 14.0. The lowest BCUT2D eigenvalue weighted by molar-refractivity contribution is -0.139. The second kappa shape index (κ2) is 9.98. The van der Waals surface area contributed by atoms with Crippen LogP contribution in [0.2, 0.25) is 0 Å². The number of ether oxygens (including phenoxy) is 2. The van der Waals surface area contributed by atoms with Gasteiger partial charge in [0.05, 0.1) is 12.4 Å². The maximum Gasteiger partial charge on any atom is 0.316 e. The Hall–Kier alpha value is -2.99. The van der Waals surface area contributed by atoms with Crippen molar-refractivity contribution in [2.75, 3.05) is 17.7 Å². The number of rotatable bonds is 9. The highest BCUT2D eigenvalue weighted by molar-refractivity contribution is 8.01. The fourth-order valence-electron chi connectivity index (χ4n) is 2.06. The molecule has 10 nitrogen and oxygen atoms in total. The predicted molar refractivity (Wildman–Crippen MR) is 105 cm³/mol. The van der Waals surface area contributed by atoms with Crippen LogP contribution in [0.4, 0.5) is 5.13 Å². The summed E-state index contributed by atoms with van der Waals surface area (Å²) in [6, 6.07) is 6.60. The molecule has 0 radical (unpaired) electrons. The number of benzene rings is 1. The topological polar surface area (TPSA) is 129 Å². The number of nitrogens with one attached hydrogen (secondary N) is 1. The number of amides is 1. The molecular weight excluding hydrogens is 418 g/mol. The van der Waals surface area contributed by atoms with Crippen molar-refractivity contribution < 1.29 is 23.6 Å². The van der Waals surface area contributed by atoms with Gasteiger partial charge in [0.25, 0.3) is 5.91 Å². The molecule has 2 heterocycles. The first kappa shape index (κ1) is 20.7. The molecule has 0 aliphatic rings. The van der Waals surface area contributed by atoms with Crippen LogP contribution in [0.25, 0.3) is 0 Å².